The number of rotatable bonds is 4. The molecule has 2 heterocycles. The van der Waals surface area contributed by atoms with Gasteiger partial charge in [-0.15, -0.1) is 11.3 Å². The second-order valence-electron chi connectivity index (χ2n) is 6.06. The Labute approximate surface area is 163 Å². The minimum atomic E-state index is -0.0308. The van der Waals surface area contributed by atoms with Gasteiger partial charge in [0.15, 0.2) is 4.96 Å². The highest BCUT2D eigenvalue weighted by molar-refractivity contribution is 9.10. The lowest BCUT2D eigenvalue weighted by Gasteiger charge is -2.07. The van der Waals surface area contributed by atoms with Crippen molar-refractivity contribution < 1.29 is 4.79 Å². The van der Waals surface area contributed by atoms with Crippen molar-refractivity contribution in [3.8, 4) is 11.3 Å². The molecule has 4 nitrogen and oxygen atoms in total. The first-order valence-corrected chi connectivity index (χ1v) is 9.84. The van der Waals surface area contributed by atoms with Gasteiger partial charge in [-0.2, -0.15) is 0 Å². The van der Waals surface area contributed by atoms with Crippen LogP contribution in [0.1, 0.15) is 11.3 Å². The number of benzene rings is 2. The van der Waals surface area contributed by atoms with Gasteiger partial charge in [-0.05, 0) is 30.7 Å². The topological polar surface area (TPSA) is 46.4 Å². The molecule has 26 heavy (non-hydrogen) atoms. The van der Waals surface area contributed by atoms with Crippen LogP contribution in [0.25, 0.3) is 16.2 Å². The van der Waals surface area contributed by atoms with Gasteiger partial charge in [0.1, 0.15) is 0 Å². The van der Waals surface area contributed by atoms with Crippen LogP contribution in [-0.4, -0.2) is 15.3 Å². The summed E-state index contributed by atoms with van der Waals surface area (Å²) in [5.41, 5.74) is 4.79. The molecule has 0 aliphatic heterocycles. The van der Waals surface area contributed by atoms with Gasteiger partial charge >= 0.3 is 0 Å². The number of anilines is 1. The van der Waals surface area contributed by atoms with Gasteiger partial charge < -0.3 is 5.32 Å². The largest absolute Gasteiger partial charge is 0.326 e. The van der Waals surface area contributed by atoms with Crippen molar-refractivity contribution >= 4 is 43.8 Å². The Hall–Kier alpha value is -2.44. The van der Waals surface area contributed by atoms with E-state index in [2.05, 4.69) is 26.2 Å². The van der Waals surface area contributed by atoms with E-state index in [1.165, 1.54) is 0 Å². The fourth-order valence-electron chi connectivity index (χ4n) is 2.82. The van der Waals surface area contributed by atoms with Crippen molar-refractivity contribution in [3.05, 3.63) is 75.8 Å². The molecule has 0 saturated heterocycles. The smallest absolute Gasteiger partial charge is 0.230 e. The van der Waals surface area contributed by atoms with E-state index in [1.54, 1.807) is 11.3 Å². The van der Waals surface area contributed by atoms with Crippen LogP contribution in [0.4, 0.5) is 5.69 Å². The zero-order valence-corrected chi connectivity index (χ0v) is 16.5. The molecule has 1 N–H and O–H groups in total. The average Bonchev–Trinajstić information content (AvgIpc) is 3.19. The molecular weight excluding hydrogens is 410 g/mol. The molecule has 0 aliphatic rings. The van der Waals surface area contributed by atoms with E-state index >= 15 is 0 Å². The molecule has 0 bridgehead atoms. The summed E-state index contributed by atoms with van der Waals surface area (Å²) in [5.74, 6) is -0.0308. The SMILES string of the molecule is Cc1ccccc1NC(=O)Cc1csc2nc(-c3cccc(Br)c3)cn12. The summed E-state index contributed by atoms with van der Waals surface area (Å²) in [6, 6.07) is 15.8. The number of nitrogens with one attached hydrogen (secondary N) is 1. The number of carbonyl (C=O) groups is 1. The van der Waals surface area contributed by atoms with E-state index in [4.69, 9.17) is 0 Å². The number of hydrogen-bond donors (Lipinski definition) is 1. The van der Waals surface area contributed by atoms with Gasteiger partial charge in [0.05, 0.1) is 12.1 Å². The predicted octanol–water partition coefficient (Wildman–Crippen LogP) is 5.31. The number of fused-ring (bicyclic) bond motifs is 1. The van der Waals surface area contributed by atoms with Crippen LogP contribution in [0, 0.1) is 6.92 Å². The molecule has 4 rings (SSSR count). The lowest BCUT2D eigenvalue weighted by Crippen LogP contribution is -2.15. The maximum Gasteiger partial charge on any atom is 0.230 e. The number of nitrogens with zero attached hydrogens (tertiary/aromatic N) is 2. The summed E-state index contributed by atoms with van der Waals surface area (Å²) in [7, 11) is 0. The summed E-state index contributed by atoms with van der Waals surface area (Å²) in [4.78, 5) is 18.0. The minimum Gasteiger partial charge on any atom is -0.326 e. The highest BCUT2D eigenvalue weighted by Crippen LogP contribution is 2.26. The summed E-state index contributed by atoms with van der Waals surface area (Å²) >= 11 is 5.04. The first-order valence-electron chi connectivity index (χ1n) is 8.17. The van der Waals surface area contributed by atoms with Crippen molar-refractivity contribution in [2.45, 2.75) is 13.3 Å². The predicted molar refractivity (Wildman–Crippen MR) is 110 cm³/mol. The number of para-hydroxylation sites is 1. The molecule has 0 spiro atoms. The van der Waals surface area contributed by atoms with Crippen molar-refractivity contribution in [3.63, 3.8) is 0 Å². The number of aromatic nitrogens is 2. The molecule has 0 radical (unpaired) electrons. The average molecular weight is 426 g/mol. The first-order chi connectivity index (χ1) is 12.6. The third kappa shape index (κ3) is 3.43. The van der Waals surface area contributed by atoms with Gasteiger partial charge in [0.25, 0.3) is 0 Å². The van der Waals surface area contributed by atoms with E-state index in [0.717, 1.165) is 37.6 Å². The number of imidazole rings is 1. The van der Waals surface area contributed by atoms with Crippen LogP contribution in [0.2, 0.25) is 0 Å². The minimum absolute atomic E-state index is 0.0308. The number of hydrogen-bond acceptors (Lipinski definition) is 3. The van der Waals surface area contributed by atoms with Crippen LogP contribution >= 0.6 is 27.3 Å². The van der Waals surface area contributed by atoms with Crippen LogP contribution in [0.3, 0.4) is 0 Å². The Bertz CT molecular complexity index is 1100. The summed E-state index contributed by atoms with van der Waals surface area (Å²) in [6.45, 7) is 1.98. The summed E-state index contributed by atoms with van der Waals surface area (Å²) in [5, 5.41) is 4.98. The highest BCUT2D eigenvalue weighted by atomic mass is 79.9. The molecule has 0 fully saturated rings. The van der Waals surface area contributed by atoms with Crippen molar-refractivity contribution in [1.29, 1.82) is 0 Å². The Balaban J connectivity index is 1.57. The Morgan fingerprint density at radius 3 is 2.88 bits per heavy atom. The number of amides is 1. The number of thiazole rings is 1. The maximum atomic E-state index is 12.5. The third-order valence-corrected chi connectivity index (χ3v) is 5.55. The maximum absolute atomic E-state index is 12.5. The van der Waals surface area contributed by atoms with Gasteiger partial charge in [-0.25, -0.2) is 4.98 Å². The number of aryl methyl sites for hydroxylation is 1. The molecule has 0 atom stereocenters. The van der Waals surface area contributed by atoms with Gasteiger partial charge in [0.2, 0.25) is 5.91 Å². The van der Waals surface area contributed by atoms with Crippen molar-refractivity contribution in [2.75, 3.05) is 5.32 Å². The Kier molecular flexibility index (Phi) is 4.61. The third-order valence-electron chi connectivity index (χ3n) is 4.16. The number of halogens is 1. The van der Waals surface area contributed by atoms with Gasteiger partial charge in [-0.1, -0.05) is 46.3 Å². The van der Waals surface area contributed by atoms with Crippen molar-refractivity contribution in [1.82, 2.24) is 9.38 Å². The van der Waals surface area contributed by atoms with E-state index < -0.39 is 0 Å². The van der Waals surface area contributed by atoms with E-state index in [9.17, 15) is 4.79 Å². The van der Waals surface area contributed by atoms with Gasteiger partial charge in [-0.3, -0.25) is 9.20 Å². The monoisotopic (exact) mass is 425 g/mol. The fourth-order valence-corrected chi connectivity index (χ4v) is 4.09. The second kappa shape index (κ2) is 7.05. The molecule has 1 amide bonds. The van der Waals surface area contributed by atoms with Crippen LogP contribution in [0.5, 0.6) is 0 Å². The quantitative estimate of drug-likeness (QED) is 0.481. The molecule has 2 aromatic heterocycles. The lowest BCUT2D eigenvalue weighted by atomic mass is 10.2. The fraction of sp³-hybridized carbons (Fsp3) is 0.100. The lowest BCUT2D eigenvalue weighted by molar-refractivity contribution is -0.115. The van der Waals surface area contributed by atoms with E-state index in [0.29, 0.717) is 6.42 Å². The molecule has 0 unspecified atom stereocenters. The van der Waals surface area contributed by atoms with Crippen LogP contribution in [0.15, 0.2) is 64.6 Å². The number of carbonyl (C=O) groups excluding carboxylic acids is 1. The summed E-state index contributed by atoms with van der Waals surface area (Å²) in [6.07, 6.45) is 2.30. The van der Waals surface area contributed by atoms with Crippen LogP contribution < -0.4 is 5.32 Å². The van der Waals surface area contributed by atoms with E-state index in [1.807, 2.05) is 71.4 Å². The normalized spacial score (nSPS) is 11.0. The first kappa shape index (κ1) is 17.0. The molecule has 130 valence electrons. The molecular formula is C20H16BrN3OS. The van der Waals surface area contributed by atoms with Gasteiger partial charge in [0, 0.05) is 33.0 Å². The molecule has 0 aliphatic carbocycles. The zero-order valence-electron chi connectivity index (χ0n) is 14.1. The van der Waals surface area contributed by atoms with E-state index in [-0.39, 0.29) is 5.91 Å². The molecule has 4 aromatic rings. The Morgan fingerprint density at radius 2 is 2.08 bits per heavy atom. The van der Waals surface area contributed by atoms with Crippen LogP contribution in [-0.2, 0) is 11.2 Å². The van der Waals surface area contributed by atoms with Crippen molar-refractivity contribution in [2.24, 2.45) is 0 Å². The standard InChI is InChI=1S/C20H16BrN3OS/c1-13-5-2-3-8-17(13)22-19(25)10-16-12-26-20-23-18(11-24(16)20)14-6-4-7-15(21)9-14/h2-9,11-12H,10H2,1H3,(H,22,25). The zero-order chi connectivity index (χ0) is 18.1. The molecule has 0 saturated carbocycles. The second-order valence-corrected chi connectivity index (χ2v) is 7.81. The molecule has 2 aromatic carbocycles. The Morgan fingerprint density at radius 1 is 1.23 bits per heavy atom. The highest BCUT2D eigenvalue weighted by Gasteiger charge is 2.13. The summed E-state index contributed by atoms with van der Waals surface area (Å²) < 4.78 is 3.02. The molecule has 6 heteroatoms.